The van der Waals surface area contributed by atoms with Gasteiger partial charge in [0.2, 0.25) is 0 Å². The lowest BCUT2D eigenvalue weighted by atomic mass is 10.0. The number of imidazole rings is 1. The second-order valence-corrected chi connectivity index (χ2v) is 11.1. The average Bonchev–Trinajstić information content (AvgIpc) is 3.75. The summed E-state index contributed by atoms with van der Waals surface area (Å²) >= 11 is 0. The Labute approximate surface area is 252 Å². The number of fused-ring (bicyclic) bond motifs is 1. The Bertz CT molecular complexity index is 1940. The Kier molecular flexibility index (Phi) is 6.94. The lowest BCUT2D eigenvalue weighted by Gasteiger charge is -2.23. The molecule has 220 valence electrons. The molecule has 1 saturated heterocycles. The van der Waals surface area contributed by atoms with Gasteiger partial charge in [-0.25, -0.2) is 24.3 Å². The number of ether oxygens (including phenoxy) is 1. The number of aromatic nitrogens is 6. The van der Waals surface area contributed by atoms with Crippen LogP contribution in [-0.4, -0.2) is 42.0 Å². The molecule has 12 heteroatoms. The molecular weight excluding hydrogens is 561 g/mol. The van der Waals surface area contributed by atoms with Crippen molar-refractivity contribution in [3.8, 4) is 17.3 Å². The molecule has 1 aliphatic carbocycles. The first-order valence-electron chi connectivity index (χ1n) is 14.5. The maximum atomic E-state index is 15.2. The molecule has 1 aromatic carbocycles. The van der Waals surface area contributed by atoms with Crippen molar-refractivity contribution in [3.63, 3.8) is 0 Å². The maximum absolute atomic E-state index is 15.2. The largest absolute Gasteiger partial charge is 0.358 e. The molecule has 0 bridgehead atoms. The van der Waals surface area contributed by atoms with E-state index in [1.54, 1.807) is 43.7 Å². The molecule has 4 aromatic heterocycles. The molecule has 5 heterocycles. The average molecular weight is 590 g/mol. The summed E-state index contributed by atoms with van der Waals surface area (Å²) in [4.78, 5) is 35.6. The first kappa shape index (κ1) is 27.5. The summed E-state index contributed by atoms with van der Waals surface area (Å²) in [6, 6.07) is 12.1. The monoisotopic (exact) mass is 589 g/mol. The highest BCUT2D eigenvalue weighted by Crippen LogP contribution is 2.46. The predicted molar refractivity (Wildman–Crippen MR) is 161 cm³/mol. The highest BCUT2D eigenvalue weighted by molar-refractivity contribution is 6.04. The van der Waals surface area contributed by atoms with Crippen molar-refractivity contribution < 1.29 is 13.9 Å². The van der Waals surface area contributed by atoms with Crippen molar-refractivity contribution in [2.75, 3.05) is 17.2 Å². The van der Waals surface area contributed by atoms with Gasteiger partial charge in [-0.2, -0.15) is 5.26 Å². The van der Waals surface area contributed by atoms with Gasteiger partial charge in [0.25, 0.3) is 5.91 Å². The summed E-state index contributed by atoms with van der Waals surface area (Å²) in [6.07, 6.45) is 10.6. The Morgan fingerprint density at radius 1 is 1.11 bits per heavy atom. The fourth-order valence-corrected chi connectivity index (χ4v) is 5.49. The molecule has 5 aromatic rings. The normalized spacial score (nSPS) is 17.2. The van der Waals surface area contributed by atoms with Gasteiger partial charge < -0.3 is 15.4 Å². The quantitative estimate of drug-likeness (QED) is 0.234. The zero-order valence-corrected chi connectivity index (χ0v) is 23.9. The van der Waals surface area contributed by atoms with Gasteiger partial charge in [0, 0.05) is 47.1 Å². The fourth-order valence-electron chi connectivity index (χ4n) is 5.49. The van der Waals surface area contributed by atoms with Crippen LogP contribution in [0.3, 0.4) is 0 Å². The van der Waals surface area contributed by atoms with Gasteiger partial charge in [0.15, 0.2) is 5.65 Å². The van der Waals surface area contributed by atoms with Crippen LogP contribution < -0.4 is 10.6 Å². The highest BCUT2D eigenvalue weighted by Gasteiger charge is 2.46. The van der Waals surface area contributed by atoms with Crippen LogP contribution in [0.15, 0.2) is 61.4 Å². The van der Waals surface area contributed by atoms with E-state index in [-0.39, 0.29) is 11.9 Å². The number of carbonyl (C=O) groups is 1. The smallest absolute Gasteiger partial charge is 0.255 e. The van der Waals surface area contributed by atoms with Crippen molar-refractivity contribution in [2.24, 2.45) is 0 Å². The molecule has 1 unspecified atom stereocenters. The zero-order chi connectivity index (χ0) is 30.3. The number of anilines is 3. The lowest BCUT2D eigenvalue weighted by Crippen LogP contribution is -2.17. The van der Waals surface area contributed by atoms with Crippen LogP contribution in [0.1, 0.15) is 59.9 Å². The molecule has 11 nitrogen and oxygen atoms in total. The van der Waals surface area contributed by atoms with E-state index >= 15 is 4.39 Å². The number of hydrogen-bond donors (Lipinski definition) is 2. The van der Waals surface area contributed by atoms with Crippen LogP contribution in [0, 0.1) is 24.1 Å². The number of nitriles is 1. The molecule has 44 heavy (non-hydrogen) atoms. The van der Waals surface area contributed by atoms with Crippen LogP contribution in [0.25, 0.3) is 22.4 Å². The molecule has 1 amide bonds. The van der Waals surface area contributed by atoms with Gasteiger partial charge in [-0.15, -0.1) is 0 Å². The molecular formula is C32H28FN9O2. The number of benzene rings is 1. The SMILES string of the molecule is Cc1c(F)cc(NC(=O)c2ccnc(C3(C#N)CC3)c2)cc1Nc1ncccc1-c1ncnc2c1ncn2C1CCCCO1. The van der Waals surface area contributed by atoms with E-state index < -0.39 is 17.1 Å². The minimum absolute atomic E-state index is 0.133. The molecule has 1 aliphatic heterocycles. The minimum atomic E-state index is -0.624. The number of nitrogens with one attached hydrogen (secondary N) is 2. The Morgan fingerprint density at radius 3 is 2.80 bits per heavy atom. The van der Waals surface area contributed by atoms with Crippen molar-refractivity contribution in [1.82, 2.24) is 29.5 Å². The highest BCUT2D eigenvalue weighted by atomic mass is 19.1. The van der Waals surface area contributed by atoms with Gasteiger partial charge in [-0.1, -0.05) is 0 Å². The molecule has 2 N–H and O–H groups in total. The van der Waals surface area contributed by atoms with E-state index in [1.807, 2.05) is 10.6 Å². The summed E-state index contributed by atoms with van der Waals surface area (Å²) in [5.74, 6) is -0.502. The van der Waals surface area contributed by atoms with E-state index in [0.717, 1.165) is 19.3 Å². The molecule has 2 aliphatic rings. The second-order valence-electron chi connectivity index (χ2n) is 11.1. The van der Waals surface area contributed by atoms with E-state index in [1.165, 1.54) is 18.6 Å². The number of hydrogen-bond acceptors (Lipinski definition) is 9. The van der Waals surface area contributed by atoms with Crippen LogP contribution in [-0.2, 0) is 10.2 Å². The van der Waals surface area contributed by atoms with Crippen molar-refractivity contribution >= 4 is 34.3 Å². The third-order valence-corrected chi connectivity index (χ3v) is 8.22. The Balaban J connectivity index is 1.18. The van der Waals surface area contributed by atoms with Crippen LogP contribution >= 0.6 is 0 Å². The Morgan fingerprint density at radius 2 is 2.00 bits per heavy atom. The maximum Gasteiger partial charge on any atom is 0.255 e. The summed E-state index contributed by atoms with van der Waals surface area (Å²) < 4.78 is 23.1. The fraction of sp³-hybridized carbons (Fsp3) is 0.281. The third-order valence-electron chi connectivity index (χ3n) is 8.22. The first-order chi connectivity index (χ1) is 21.5. The minimum Gasteiger partial charge on any atom is -0.358 e. The Hall–Kier alpha value is -5.28. The standard InChI is InChI=1S/C32H28FN9O2/c1-19-23(33)14-21(40-31(43)20-7-11-35-25(13-20)32(16-34)8-9-32)15-24(19)41-29-22(5-4-10-36-29)27-28-30(38-17-37-27)42(18-39-28)26-6-2-3-12-44-26/h4-5,7,10-11,13-15,17-18,26H,2-3,6,8-9,12H2,1H3,(H,36,41)(H,40,43). The van der Waals surface area contributed by atoms with Crippen LogP contribution in [0.5, 0.6) is 0 Å². The van der Waals surface area contributed by atoms with Crippen molar-refractivity contribution in [3.05, 3.63) is 84.1 Å². The number of rotatable bonds is 7. The summed E-state index contributed by atoms with van der Waals surface area (Å²) in [5.41, 5.74) is 3.79. The molecule has 0 radical (unpaired) electrons. The summed E-state index contributed by atoms with van der Waals surface area (Å²) in [5, 5.41) is 15.5. The number of pyridine rings is 2. The van der Waals surface area contributed by atoms with Gasteiger partial charge in [0.05, 0.1) is 23.5 Å². The van der Waals surface area contributed by atoms with Crippen LogP contribution in [0.2, 0.25) is 0 Å². The van der Waals surface area contributed by atoms with E-state index in [0.29, 0.717) is 70.2 Å². The molecule has 7 rings (SSSR count). The zero-order valence-electron chi connectivity index (χ0n) is 23.9. The van der Waals surface area contributed by atoms with E-state index in [2.05, 4.69) is 41.6 Å². The van der Waals surface area contributed by atoms with Crippen LogP contribution in [0.4, 0.5) is 21.6 Å². The van der Waals surface area contributed by atoms with Gasteiger partial charge >= 0.3 is 0 Å². The van der Waals surface area contributed by atoms with Crippen molar-refractivity contribution in [2.45, 2.75) is 50.7 Å². The molecule has 0 spiro atoms. The third kappa shape index (κ3) is 5.01. The molecule has 1 saturated carbocycles. The van der Waals surface area contributed by atoms with E-state index in [9.17, 15) is 10.1 Å². The number of halogens is 1. The summed E-state index contributed by atoms with van der Waals surface area (Å²) in [6.45, 7) is 2.34. The first-order valence-corrected chi connectivity index (χ1v) is 14.5. The second kappa shape index (κ2) is 11.1. The number of amides is 1. The summed E-state index contributed by atoms with van der Waals surface area (Å²) in [7, 11) is 0. The van der Waals surface area contributed by atoms with Gasteiger partial charge in [-0.05, 0) is 75.4 Å². The lowest BCUT2D eigenvalue weighted by molar-refractivity contribution is -0.0298. The van der Waals surface area contributed by atoms with E-state index in [4.69, 9.17) is 4.74 Å². The van der Waals surface area contributed by atoms with Gasteiger partial charge in [0.1, 0.15) is 35.4 Å². The predicted octanol–water partition coefficient (Wildman–Crippen LogP) is 5.98. The van der Waals surface area contributed by atoms with Crippen molar-refractivity contribution in [1.29, 1.82) is 5.26 Å². The molecule has 1 atom stereocenters. The number of nitrogens with zero attached hydrogens (tertiary/aromatic N) is 7. The topological polar surface area (TPSA) is 144 Å². The molecule has 2 fully saturated rings. The van der Waals surface area contributed by atoms with Gasteiger partial charge in [-0.3, -0.25) is 14.3 Å². The number of carbonyl (C=O) groups excluding carboxylic acids is 1.